The molecule has 0 atom stereocenters. The van der Waals surface area contributed by atoms with Gasteiger partial charge < -0.3 is 5.32 Å². The molecule has 1 aromatic carbocycles. The van der Waals surface area contributed by atoms with Crippen LogP contribution in [0.1, 0.15) is 30.0 Å². The molecule has 1 N–H and O–H groups in total. The minimum atomic E-state index is 0.888. The fourth-order valence-electron chi connectivity index (χ4n) is 2.07. The Balaban J connectivity index is 2.19. The molecule has 0 spiro atoms. The number of hydrogen-bond acceptors (Lipinski definition) is 2. The first-order valence-electron chi connectivity index (χ1n) is 6.93. The minimum Gasteiger partial charge on any atom is -0.313 e. The van der Waals surface area contributed by atoms with Crippen molar-refractivity contribution in [3.8, 4) is 11.1 Å². The molecule has 1 aromatic heterocycles. The highest BCUT2D eigenvalue weighted by Crippen LogP contribution is 2.22. The molecule has 100 valence electrons. The predicted octanol–water partition coefficient (Wildman–Crippen LogP) is 3.87. The van der Waals surface area contributed by atoms with E-state index in [9.17, 15) is 0 Å². The molecular weight excluding hydrogens is 232 g/mol. The van der Waals surface area contributed by atoms with E-state index < -0.39 is 0 Å². The SMILES string of the molecule is CCCNCc1cncc(-c2ccc(C)c(C)c2)c1. The van der Waals surface area contributed by atoms with E-state index in [0.29, 0.717) is 0 Å². The highest BCUT2D eigenvalue weighted by atomic mass is 14.8. The lowest BCUT2D eigenvalue weighted by Crippen LogP contribution is -2.13. The van der Waals surface area contributed by atoms with Gasteiger partial charge in [-0.05, 0) is 55.1 Å². The Morgan fingerprint density at radius 3 is 2.58 bits per heavy atom. The van der Waals surface area contributed by atoms with Gasteiger partial charge in [0.15, 0.2) is 0 Å². The maximum Gasteiger partial charge on any atom is 0.0346 e. The topological polar surface area (TPSA) is 24.9 Å². The van der Waals surface area contributed by atoms with Gasteiger partial charge in [-0.2, -0.15) is 0 Å². The average Bonchev–Trinajstić information content (AvgIpc) is 2.43. The van der Waals surface area contributed by atoms with Gasteiger partial charge in [-0.3, -0.25) is 4.98 Å². The fraction of sp³-hybridized carbons (Fsp3) is 0.353. The Bertz CT molecular complexity index is 547. The predicted molar refractivity (Wildman–Crippen MR) is 81.1 cm³/mol. The summed E-state index contributed by atoms with van der Waals surface area (Å²) in [6.07, 6.45) is 5.03. The van der Waals surface area contributed by atoms with E-state index >= 15 is 0 Å². The lowest BCUT2D eigenvalue weighted by Gasteiger charge is -2.08. The van der Waals surface area contributed by atoms with Gasteiger partial charge in [-0.1, -0.05) is 25.1 Å². The molecule has 1 heterocycles. The summed E-state index contributed by atoms with van der Waals surface area (Å²) in [5.74, 6) is 0. The van der Waals surface area contributed by atoms with Crippen molar-refractivity contribution in [2.24, 2.45) is 0 Å². The zero-order valence-electron chi connectivity index (χ0n) is 12.0. The van der Waals surface area contributed by atoms with Crippen molar-refractivity contribution < 1.29 is 0 Å². The number of aromatic nitrogens is 1. The molecular formula is C17H22N2. The summed E-state index contributed by atoms with van der Waals surface area (Å²) in [6, 6.07) is 8.80. The van der Waals surface area contributed by atoms with E-state index in [0.717, 1.165) is 19.5 Å². The zero-order valence-corrected chi connectivity index (χ0v) is 12.0. The van der Waals surface area contributed by atoms with Gasteiger partial charge in [0.2, 0.25) is 0 Å². The van der Waals surface area contributed by atoms with Gasteiger partial charge in [0.1, 0.15) is 0 Å². The largest absolute Gasteiger partial charge is 0.313 e. The Labute approximate surface area is 115 Å². The van der Waals surface area contributed by atoms with Crippen LogP contribution in [-0.4, -0.2) is 11.5 Å². The molecule has 0 saturated carbocycles. The lowest BCUT2D eigenvalue weighted by molar-refractivity contribution is 0.674. The number of hydrogen-bond donors (Lipinski definition) is 1. The molecule has 0 aliphatic heterocycles. The molecule has 0 aliphatic rings. The van der Waals surface area contributed by atoms with E-state index in [2.05, 4.69) is 55.3 Å². The molecule has 0 saturated heterocycles. The lowest BCUT2D eigenvalue weighted by atomic mass is 10.0. The quantitative estimate of drug-likeness (QED) is 0.819. The maximum atomic E-state index is 4.35. The summed E-state index contributed by atoms with van der Waals surface area (Å²) in [5, 5.41) is 3.41. The summed E-state index contributed by atoms with van der Waals surface area (Å²) in [7, 11) is 0. The summed E-state index contributed by atoms with van der Waals surface area (Å²) in [6.45, 7) is 8.41. The highest BCUT2D eigenvalue weighted by molar-refractivity contribution is 5.64. The van der Waals surface area contributed by atoms with Crippen LogP contribution >= 0.6 is 0 Å². The Kier molecular flexibility index (Phi) is 4.69. The number of aryl methyl sites for hydroxylation is 2. The first-order chi connectivity index (χ1) is 9.20. The number of nitrogens with one attached hydrogen (secondary N) is 1. The molecule has 0 radical (unpaired) electrons. The monoisotopic (exact) mass is 254 g/mol. The van der Waals surface area contributed by atoms with Gasteiger partial charge in [0, 0.05) is 24.5 Å². The summed E-state index contributed by atoms with van der Waals surface area (Å²) in [4.78, 5) is 4.35. The van der Waals surface area contributed by atoms with Crippen LogP contribution in [0, 0.1) is 13.8 Å². The van der Waals surface area contributed by atoms with Gasteiger partial charge in [-0.15, -0.1) is 0 Å². The number of pyridine rings is 1. The van der Waals surface area contributed by atoms with Crippen LogP contribution in [0.2, 0.25) is 0 Å². The maximum absolute atomic E-state index is 4.35. The second kappa shape index (κ2) is 6.48. The summed E-state index contributed by atoms with van der Waals surface area (Å²) < 4.78 is 0. The van der Waals surface area contributed by atoms with Crippen LogP contribution in [-0.2, 0) is 6.54 Å². The normalized spacial score (nSPS) is 10.7. The van der Waals surface area contributed by atoms with Crippen LogP contribution in [0.3, 0.4) is 0 Å². The van der Waals surface area contributed by atoms with E-state index in [4.69, 9.17) is 0 Å². The summed E-state index contributed by atoms with van der Waals surface area (Å²) in [5.41, 5.74) is 6.33. The van der Waals surface area contributed by atoms with Crippen molar-refractivity contribution in [2.75, 3.05) is 6.54 Å². The third-order valence-corrected chi connectivity index (χ3v) is 3.39. The van der Waals surface area contributed by atoms with Crippen LogP contribution in [0.5, 0.6) is 0 Å². The third-order valence-electron chi connectivity index (χ3n) is 3.39. The second-order valence-corrected chi connectivity index (χ2v) is 5.06. The van der Waals surface area contributed by atoms with E-state index in [-0.39, 0.29) is 0 Å². The number of benzene rings is 1. The minimum absolute atomic E-state index is 0.888. The van der Waals surface area contributed by atoms with Gasteiger partial charge >= 0.3 is 0 Å². The van der Waals surface area contributed by atoms with E-state index in [1.165, 1.54) is 27.8 Å². The van der Waals surface area contributed by atoms with E-state index in [1.807, 2.05) is 12.4 Å². The molecule has 2 aromatic rings. The summed E-state index contributed by atoms with van der Waals surface area (Å²) >= 11 is 0. The highest BCUT2D eigenvalue weighted by Gasteiger charge is 2.02. The molecule has 0 bridgehead atoms. The molecule has 19 heavy (non-hydrogen) atoms. The van der Waals surface area contributed by atoms with Gasteiger partial charge in [0.05, 0.1) is 0 Å². The standard InChI is InChI=1S/C17H22N2/c1-4-7-18-10-15-9-17(12-19-11-15)16-6-5-13(2)14(3)8-16/h5-6,8-9,11-12,18H,4,7,10H2,1-3H3. The molecule has 0 unspecified atom stereocenters. The zero-order chi connectivity index (χ0) is 13.7. The number of nitrogens with zero attached hydrogens (tertiary/aromatic N) is 1. The van der Waals surface area contributed by atoms with Crippen LogP contribution in [0.15, 0.2) is 36.7 Å². The third kappa shape index (κ3) is 3.65. The van der Waals surface area contributed by atoms with Crippen molar-refractivity contribution in [3.63, 3.8) is 0 Å². The van der Waals surface area contributed by atoms with Gasteiger partial charge in [-0.25, -0.2) is 0 Å². The van der Waals surface area contributed by atoms with Crippen molar-refractivity contribution >= 4 is 0 Å². The number of rotatable bonds is 5. The molecule has 2 heteroatoms. The second-order valence-electron chi connectivity index (χ2n) is 5.06. The fourth-order valence-corrected chi connectivity index (χ4v) is 2.07. The average molecular weight is 254 g/mol. The molecule has 0 amide bonds. The Hall–Kier alpha value is -1.67. The smallest absolute Gasteiger partial charge is 0.0346 e. The van der Waals surface area contributed by atoms with Crippen molar-refractivity contribution in [2.45, 2.75) is 33.7 Å². The van der Waals surface area contributed by atoms with Gasteiger partial charge in [0.25, 0.3) is 0 Å². The van der Waals surface area contributed by atoms with Crippen LogP contribution in [0.4, 0.5) is 0 Å². The Morgan fingerprint density at radius 2 is 1.84 bits per heavy atom. The molecule has 0 fully saturated rings. The molecule has 0 aliphatic carbocycles. The first-order valence-corrected chi connectivity index (χ1v) is 6.93. The Morgan fingerprint density at radius 1 is 1.00 bits per heavy atom. The molecule has 2 nitrogen and oxygen atoms in total. The first kappa shape index (κ1) is 13.8. The van der Waals surface area contributed by atoms with Crippen molar-refractivity contribution in [1.29, 1.82) is 0 Å². The van der Waals surface area contributed by atoms with Crippen molar-refractivity contribution in [1.82, 2.24) is 10.3 Å². The van der Waals surface area contributed by atoms with Crippen LogP contribution in [0.25, 0.3) is 11.1 Å². The van der Waals surface area contributed by atoms with E-state index in [1.54, 1.807) is 0 Å². The van der Waals surface area contributed by atoms with Crippen molar-refractivity contribution in [3.05, 3.63) is 53.3 Å². The molecule has 2 rings (SSSR count). The van der Waals surface area contributed by atoms with Crippen LogP contribution < -0.4 is 5.32 Å².